The zero-order valence-corrected chi connectivity index (χ0v) is 13.3. The van der Waals surface area contributed by atoms with Crippen LogP contribution in [0.4, 0.5) is 0 Å². The Kier molecular flexibility index (Phi) is 4.28. The van der Waals surface area contributed by atoms with Gasteiger partial charge in [0.25, 0.3) is 0 Å². The molecular formula is C14H25BN2O3. The van der Waals surface area contributed by atoms with Gasteiger partial charge in [0.1, 0.15) is 6.23 Å². The summed E-state index contributed by atoms with van der Waals surface area (Å²) >= 11 is 0. The molecule has 1 aromatic heterocycles. The second-order valence-electron chi connectivity index (χ2n) is 5.97. The zero-order chi connectivity index (χ0) is 15.0. The lowest BCUT2D eigenvalue weighted by molar-refractivity contribution is -0.0118. The molecule has 2 atom stereocenters. The summed E-state index contributed by atoms with van der Waals surface area (Å²) in [5.41, 5.74) is 0.326. The first kappa shape index (κ1) is 15.5. The Morgan fingerprint density at radius 2 is 2.05 bits per heavy atom. The van der Waals surface area contributed by atoms with Crippen LogP contribution in [0.5, 0.6) is 0 Å². The molecule has 0 aliphatic carbocycles. The van der Waals surface area contributed by atoms with Gasteiger partial charge >= 0.3 is 7.12 Å². The molecule has 0 amide bonds. The maximum Gasteiger partial charge on any atom is 0.498 e. The van der Waals surface area contributed by atoms with Gasteiger partial charge in [0.05, 0.1) is 11.2 Å². The van der Waals surface area contributed by atoms with Crippen molar-refractivity contribution in [3.8, 4) is 0 Å². The second kappa shape index (κ2) is 5.50. The van der Waals surface area contributed by atoms with Gasteiger partial charge in [0.2, 0.25) is 0 Å². The molecule has 1 aliphatic heterocycles. The van der Waals surface area contributed by atoms with Gasteiger partial charge in [-0.15, -0.1) is 0 Å². The van der Waals surface area contributed by atoms with Gasteiger partial charge in [0.15, 0.2) is 0 Å². The van der Waals surface area contributed by atoms with Crippen molar-refractivity contribution in [3.63, 3.8) is 0 Å². The predicted octanol–water partition coefficient (Wildman–Crippen LogP) is 2.13. The minimum absolute atomic E-state index is 0.0827. The van der Waals surface area contributed by atoms with E-state index in [2.05, 4.69) is 32.8 Å². The minimum atomic E-state index is -0.363. The fourth-order valence-electron chi connectivity index (χ4n) is 2.43. The Balaban J connectivity index is 2.14. The van der Waals surface area contributed by atoms with Gasteiger partial charge in [-0.2, -0.15) is 5.10 Å². The highest BCUT2D eigenvalue weighted by molar-refractivity contribution is 6.62. The van der Waals surface area contributed by atoms with Crippen LogP contribution in [0.1, 0.15) is 54.2 Å². The average molecular weight is 280 g/mol. The van der Waals surface area contributed by atoms with Gasteiger partial charge in [0, 0.05) is 24.5 Å². The van der Waals surface area contributed by atoms with E-state index in [4.69, 9.17) is 14.0 Å². The summed E-state index contributed by atoms with van der Waals surface area (Å²) in [6, 6.07) is 0. The molecule has 0 N–H and O–H groups in total. The van der Waals surface area contributed by atoms with E-state index in [1.54, 1.807) is 10.9 Å². The summed E-state index contributed by atoms with van der Waals surface area (Å²) in [6.45, 7) is 13.0. The standard InChI is InChI=1S/C14H25BN2O3/c1-7-14(6)13(4,5)19-15(20-14)12-9-16-17(10-12)11(3)18-8-2/h9-11H,7-8H2,1-6H3. The molecule has 5 nitrogen and oxygen atoms in total. The Morgan fingerprint density at radius 3 is 2.60 bits per heavy atom. The highest BCUT2D eigenvalue weighted by atomic mass is 16.7. The predicted molar refractivity (Wildman–Crippen MR) is 78.9 cm³/mol. The highest BCUT2D eigenvalue weighted by Gasteiger charge is 2.53. The van der Waals surface area contributed by atoms with Crippen molar-refractivity contribution < 1.29 is 14.0 Å². The molecule has 1 fully saturated rings. The van der Waals surface area contributed by atoms with Crippen LogP contribution in [0.15, 0.2) is 12.4 Å². The van der Waals surface area contributed by atoms with E-state index in [0.29, 0.717) is 6.61 Å². The molecule has 112 valence electrons. The van der Waals surface area contributed by atoms with Crippen LogP contribution in [-0.2, 0) is 14.0 Å². The zero-order valence-electron chi connectivity index (χ0n) is 13.3. The van der Waals surface area contributed by atoms with Crippen LogP contribution in [-0.4, -0.2) is 34.7 Å². The molecule has 1 aromatic rings. The lowest BCUT2D eigenvalue weighted by atomic mass is 9.82. The van der Waals surface area contributed by atoms with Crippen LogP contribution in [0.3, 0.4) is 0 Å². The van der Waals surface area contributed by atoms with Crippen molar-refractivity contribution in [2.24, 2.45) is 0 Å². The van der Waals surface area contributed by atoms with Crippen LogP contribution in [0.25, 0.3) is 0 Å². The molecule has 0 saturated carbocycles. The number of rotatable bonds is 5. The Morgan fingerprint density at radius 1 is 1.35 bits per heavy atom. The number of ether oxygens (including phenoxy) is 1. The van der Waals surface area contributed by atoms with Gasteiger partial charge < -0.3 is 14.0 Å². The first-order valence-electron chi connectivity index (χ1n) is 7.34. The van der Waals surface area contributed by atoms with E-state index < -0.39 is 0 Å². The molecule has 2 unspecified atom stereocenters. The van der Waals surface area contributed by atoms with E-state index >= 15 is 0 Å². The topological polar surface area (TPSA) is 45.5 Å². The molecule has 1 saturated heterocycles. The van der Waals surface area contributed by atoms with E-state index in [1.807, 2.05) is 20.0 Å². The van der Waals surface area contributed by atoms with Crippen LogP contribution >= 0.6 is 0 Å². The highest BCUT2D eigenvalue weighted by Crippen LogP contribution is 2.39. The van der Waals surface area contributed by atoms with Crippen LogP contribution in [0.2, 0.25) is 0 Å². The first-order valence-corrected chi connectivity index (χ1v) is 7.34. The summed E-state index contributed by atoms with van der Waals surface area (Å²) in [7, 11) is -0.363. The number of aromatic nitrogens is 2. The third kappa shape index (κ3) is 2.64. The molecule has 1 aliphatic rings. The molecule has 0 radical (unpaired) electrons. The first-order chi connectivity index (χ1) is 9.33. The Labute approximate surface area is 121 Å². The summed E-state index contributed by atoms with van der Waals surface area (Å²) in [4.78, 5) is 0. The van der Waals surface area contributed by atoms with Gasteiger partial charge in [-0.3, -0.25) is 0 Å². The van der Waals surface area contributed by atoms with Crippen molar-refractivity contribution in [3.05, 3.63) is 12.4 Å². The summed E-state index contributed by atoms with van der Waals surface area (Å²) in [5.74, 6) is 0. The maximum absolute atomic E-state index is 6.14. The van der Waals surface area contributed by atoms with E-state index in [1.165, 1.54) is 0 Å². The van der Waals surface area contributed by atoms with Crippen LogP contribution in [0, 0.1) is 0 Å². The number of hydrogen-bond acceptors (Lipinski definition) is 4. The molecule has 2 rings (SSSR count). The molecular weight excluding hydrogens is 255 g/mol. The van der Waals surface area contributed by atoms with Crippen molar-refractivity contribution in [2.45, 2.75) is 65.4 Å². The van der Waals surface area contributed by atoms with E-state index in [9.17, 15) is 0 Å². The summed E-state index contributed by atoms with van der Waals surface area (Å²) in [5, 5.41) is 4.33. The summed E-state index contributed by atoms with van der Waals surface area (Å²) in [6.07, 6.45) is 4.54. The van der Waals surface area contributed by atoms with Gasteiger partial charge in [-0.05, 0) is 41.0 Å². The average Bonchev–Trinajstić information content (AvgIpc) is 2.94. The Hall–Kier alpha value is -0.845. The third-order valence-electron chi connectivity index (χ3n) is 4.39. The molecule has 0 bridgehead atoms. The monoisotopic (exact) mass is 280 g/mol. The minimum Gasteiger partial charge on any atom is -0.399 e. The quantitative estimate of drug-likeness (QED) is 0.775. The molecule has 6 heteroatoms. The molecule has 0 aromatic carbocycles. The summed E-state index contributed by atoms with van der Waals surface area (Å²) < 4.78 is 19.5. The Bertz CT molecular complexity index is 463. The van der Waals surface area contributed by atoms with Gasteiger partial charge in [-0.25, -0.2) is 4.68 Å². The normalized spacial score (nSPS) is 27.0. The van der Waals surface area contributed by atoms with Crippen LogP contribution < -0.4 is 5.46 Å². The second-order valence-corrected chi connectivity index (χ2v) is 5.97. The van der Waals surface area contributed by atoms with E-state index in [-0.39, 0.29) is 24.5 Å². The largest absolute Gasteiger partial charge is 0.498 e. The fourth-order valence-corrected chi connectivity index (χ4v) is 2.43. The number of nitrogens with zero attached hydrogens (tertiary/aromatic N) is 2. The third-order valence-corrected chi connectivity index (χ3v) is 4.39. The SMILES string of the molecule is CCOC(C)n1cc(B2OC(C)(C)C(C)(CC)O2)cn1. The van der Waals surface area contributed by atoms with E-state index in [0.717, 1.165) is 11.9 Å². The molecule has 20 heavy (non-hydrogen) atoms. The van der Waals surface area contributed by atoms with Crippen molar-refractivity contribution in [1.82, 2.24) is 9.78 Å². The lowest BCUT2D eigenvalue weighted by Crippen LogP contribution is -2.44. The van der Waals surface area contributed by atoms with Crippen molar-refractivity contribution >= 4 is 12.6 Å². The van der Waals surface area contributed by atoms with Crippen molar-refractivity contribution in [1.29, 1.82) is 0 Å². The molecule has 2 heterocycles. The lowest BCUT2D eigenvalue weighted by Gasteiger charge is -2.35. The maximum atomic E-state index is 6.14. The molecule has 0 spiro atoms. The number of hydrogen-bond donors (Lipinski definition) is 0. The van der Waals surface area contributed by atoms with Gasteiger partial charge in [-0.1, -0.05) is 6.92 Å². The fraction of sp³-hybridized carbons (Fsp3) is 0.786. The smallest absolute Gasteiger partial charge is 0.399 e. The van der Waals surface area contributed by atoms with Crippen molar-refractivity contribution in [2.75, 3.05) is 6.61 Å².